The van der Waals surface area contributed by atoms with E-state index in [9.17, 15) is 19.5 Å². The van der Waals surface area contributed by atoms with Crippen LogP contribution in [0.4, 0.5) is 0 Å². The number of hydrogen-bond acceptors (Lipinski definition) is 8. The third kappa shape index (κ3) is 4.35. The predicted octanol–water partition coefficient (Wildman–Crippen LogP) is 0.380. The molecule has 32 heavy (non-hydrogen) atoms. The van der Waals surface area contributed by atoms with Gasteiger partial charge in [-0.25, -0.2) is 9.48 Å². The molecule has 2 N–H and O–H groups in total. The van der Waals surface area contributed by atoms with Gasteiger partial charge in [0.25, 0.3) is 5.91 Å². The molecule has 2 atom stereocenters. The van der Waals surface area contributed by atoms with E-state index < -0.39 is 23.3 Å². The Kier molecular flexibility index (Phi) is 6.48. The minimum Gasteiger partial charge on any atom is -0.477 e. The summed E-state index contributed by atoms with van der Waals surface area (Å²) in [6.45, 7) is 0.200. The summed E-state index contributed by atoms with van der Waals surface area (Å²) in [6, 6.07) is 8.45. The lowest BCUT2D eigenvalue weighted by Gasteiger charge is -2.49. The largest absolute Gasteiger partial charge is 0.477 e. The molecule has 1 aromatic heterocycles. The lowest BCUT2D eigenvalue weighted by molar-refractivity contribution is -0.150. The Morgan fingerprint density at radius 3 is 2.84 bits per heavy atom. The number of aromatic nitrogens is 4. The number of carbonyl (C=O) groups is 3. The zero-order valence-electron chi connectivity index (χ0n) is 16.7. The van der Waals surface area contributed by atoms with Crippen LogP contribution in [0.2, 0.25) is 0 Å². The van der Waals surface area contributed by atoms with E-state index in [1.54, 1.807) is 0 Å². The summed E-state index contributed by atoms with van der Waals surface area (Å²) >= 11 is 2.67. The van der Waals surface area contributed by atoms with Crippen molar-refractivity contribution in [2.45, 2.75) is 29.5 Å². The first-order valence-electron chi connectivity index (χ1n) is 9.55. The normalized spacial score (nSPS) is 19.7. The maximum absolute atomic E-state index is 12.8. The maximum atomic E-state index is 12.8. The van der Waals surface area contributed by atoms with E-state index in [1.807, 2.05) is 30.3 Å². The number of carbonyl (C=O) groups excluding carboxylic acids is 2. The SMILES string of the molecule is C#CCn1nnnc1SCC1=C(C(=O)O)N2C(=O)C(NC(=O)Cc3ccccc3)[C@@H]2SC1. The van der Waals surface area contributed by atoms with Crippen molar-refractivity contribution in [2.75, 3.05) is 11.5 Å². The molecule has 0 aliphatic carbocycles. The molecule has 1 saturated heterocycles. The number of tetrazole rings is 1. The molecular weight excluding hydrogens is 452 g/mol. The Morgan fingerprint density at radius 1 is 1.34 bits per heavy atom. The number of carboxylic acids is 1. The van der Waals surface area contributed by atoms with Crippen molar-refractivity contribution >= 4 is 41.3 Å². The molecule has 0 bridgehead atoms. The molecule has 4 rings (SSSR count). The van der Waals surface area contributed by atoms with Crippen LogP contribution >= 0.6 is 23.5 Å². The number of carboxylic acid groups (broad SMARTS) is 1. The van der Waals surface area contributed by atoms with Crippen molar-refractivity contribution in [3.8, 4) is 12.3 Å². The molecule has 3 heterocycles. The van der Waals surface area contributed by atoms with E-state index in [2.05, 4.69) is 26.8 Å². The van der Waals surface area contributed by atoms with Crippen molar-refractivity contribution in [2.24, 2.45) is 0 Å². The van der Waals surface area contributed by atoms with Gasteiger partial charge in [-0.15, -0.1) is 23.3 Å². The van der Waals surface area contributed by atoms with Gasteiger partial charge in [0.1, 0.15) is 23.7 Å². The van der Waals surface area contributed by atoms with E-state index in [4.69, 9.17) is 6.42 Å². The second kappa shape index (κ2) is 9.46. The average molecular weight is 471 g/mol. The van der Waals surface area contributed by atoms with Crippen LogP contribution in [-0.2, 0) is 27.3 Å². The van der Waals surface area contributed by atoms with E-state index in [-0.39, 0.29) is 24.6 Å². The molecule has 2 amide bonds. The number of β-lactam (4-membered cyclic amide) rings is 1. The molecular formula is C20H18N6O4S2. The van der Waals surface area contributed by atoms with Crippen molar-refractivity contribution in [1.29, 1.82) is 0 Å². The fourth-order valence-corrected chi connectivity index (χ4v) is 5.80. The minimum atomic E-state index is -1.18. The number of thioether (sulfide) groups is 2. The molecule has 12 heteroatoms. The number of nitrogens with one attached hydrogen (secondary N) is 1. The fraction of sp³-hybridized carbons (Fsp3) is 0.300. The molecule has 2 aromatic rings. The molecule has 0 radical (unpaired) electrons. The summed E-state index contributed by atoms with van der Waals surface area (Å²) in [5, 5.41) is 23.8. The highest BCUT2D eigenvalue weighted by Gasteiger charge is 2.54. The van der Waals surface area contributed by atoms with Gasteiger partial charge in [-0.3, -0.25) is 14.5 Å². The predicted molar refractivity (Wildman–Crippen MR) is 117 cm³/mol. The summed E-state index contributed by atoms with van der Waals surface area (Å²) in [7, 11) is 0. The molecule has 10 nitrogen and oxygen atoms in total. The molecule has 1 unspecified atom stereocenters. The number of benzene rings is 1. The van der Waals surface area contributed by atoms with Gasteiger partial charge in [-0.05, 0) is 21.6 Å². The zero-order valence-corrected chi connectivity index (χ0v) is 18.3. The first-order chi connectivity index (χ1) is 15.5. The van der Waals surface area contributed by atoms with E-state index in [1.165, 1.54) is 33.1 Å². The summed E-state index contributed by atoms with van der Waals surface area (Å²) in [6.07, 6.45) is 5.45. The molecule has 1 fully saturated rings. The van der Waals surface area contributed by atoms with E-state index in [0.717, 1.165) is 5.56 Å². The minimum absolute atomic E-state index is 0.0456. The third-order valence-corrected chi connectivity index (χ3v) is 7.27. The van der Waals surface area contributed by atoms with Crippen LogP contribution in [0, 0.1) is 12.3 Å². The number of rotatable bonds is 8. The highest BCUT2D eigenvalue weighted by molar-refractivity contribution is 8.01. The molecule has 0 spiro atoms. The van der Waals surface area contributed by atoms with Crippen LogP contribution in [0.1, 0.15) is 5.56 Å². The van der Waals surface area contributed by atoms with Crippen molar-refractivity contribution in [3.63, 3.8) is 0 Å². The maximum Gasteiger partial charge on any atom is 0.352 e. The van der Waals surface area contributed by atoms with Crippen molar-refractivity contribution < 1.29 is 19.5 Å². The number of amides is 2. The van der Waals surface area contributed by atoms with Gasteiger partial charge >= 0.3 is 5.97 Å². The van der Waals surface area contributed by atoms with Gasteiger partial charge in [0.2, 0.25) is 11.1 Å². The summed E-state index contributed by atoms with van der Waals surface area (Å²) < 4.78 is 1.44. The van der Waals surface area contributed by atoms with E-state index >= 15 is 0 Å². The second-order valence-corrected chi connectivity index (χ2v) is 9.03. The number of hydrogen-bond donors (Lipinski definition) is 2. The topological polar surface area (TPSA) is 130 Å². The van der Waals surface area contributed by atoms with Crippen LogP contribution in [0.15, 0.2) is 46.8 Å². The lowest BCUT2D eigenvalue weighted by atomic mass is 10.0. The van der Waals surface area contributed by atoms with Gasteiger partial charge in [-0.2, -0.15) is 0 Å². The highest BCUT2D eigenvalue weighted by Crippen LogP contribution is 2.41. The van der Waals surface area contributed by atoms with Crippen molar-refractivity contribution in [1.82, 2.24) is 30.4 Å². The zero-order chi connectivity index (χ0) is 22.7. The van der Waals surface area contributed by atoms with Crippen LogP contribution in [0.3, 0.4) is 0 Å². The van der Waals surface area contributed by atoms with Gasteiger partial charge in [0, 0.05) is 11.5 Å². The average Bonchev–Trinajstić information content (AvgIpc) is 3.23. The monoisotopic (exact) mass is 470 g/mol. The lowest BCUT2D eigenvalue weighted by Crippen LogP contribution is -2.70. The Morgan fingerprint density at radius 2 is 2.12 bits per heavy atom. The Balaban J connectivity index is 1.44. The number of aliphatic carboxylic acids is 1. The van der Waals surface area contributed by atoms with Crippen LogP contribution in [-0.4, -0.2) is 70.9 Å². The third-order valence-electron chi connectivity index (χ3n) is 4.89. The Hall–Kier alpha value is -3.30. The molecule has 1 aromatic carbocycles. The highest BCUT2D eigenvalue weighted by atomic mass is 32.2. The van der Waals surface area contributed by atoms with Crippen LogP contribution in [0.25, 0.3) is 0 Å². The second-order valence-electron chi connectivity index (χ2n) is 6.99. The first kappa shape index (κ1) is 21.9. The first-order valence-corrected chi connectivity index (χ1v) is 11.6. The fourth-order valence-electron chi connectivity index (χ4n) is 3.44. The van der Waals surface area contributed by atoms with E-state index in [0.29, 0.717) is 22.2 Å². The standard InChI is InChI=1S/C20H18N6O4S2/c1-2-8-25-20(22-23-24-25)32-11-13-10-31-18-15(17(28)26(18)16(13)19(29)30)21-14(27)9-12-6-4-3-5-7-12/h1,3-7,15,18H,8-11H2,(H,21,27)(H,29,30)/t15?,18-/m0/s1. The number of terminal acetylenes is 1. The smallest absolute Gasteiger partial charge is 0.352 e. The van der Waals surface area contributed by atoms with Gasteiger partial charge < -0.3 is 10.4 Å². The van der Waals surface area contributed by atoms with Crippen LogP contribution in [0.5, 0.6) is 0 Å². The van der Waals surface area contributed by atoms with Crippen molar-refractivity contribution in [3.05, 3.63) is 47.2 Å². The number of fused-ring (bicyclic) bond motifs is 1. The van der Waals surface area contributed by atoms with Gasteiger partial charge in [0.15, 0.2) is 0 Å². The van der Waals surface area contributed by atoms with Gasteiger partial charge in [-0.1, -0.05) is 48.0 Å². The Bertz CT molecular complexity index is 1130. The molecule has 2 aliphatic heterocycles. The summed E-state index contributed by atoms with van der Waals surface area (Å²) in [5.74, 6) is 1.25. The summed E-state index contributed by atoms with van der Waals surface area (Å²) in [4.78, 5) is 38.4. The molecule has 164 valence electrons. The van der Waals surface area contributed by atoms with Crippen LogP contribution < -0.4 is 5.32 Å². The van der Waals surface area contributed by atoms with Gasteiger partial charge in [0.05, 0.1) is 6.42 Å². The summed E-state index contributed by atoms with van der Waals surface area (Å²) in [5.41, 5.74) is 1.37. The Labute approximate surface area is 191 Å². The molecule has 2 aliphatic rings. The quantitative estimate of drug-likeness (QED) is 0.319. The molecule has 0 saturated carbocycles. The number of nitrogens with zero attached hydrogens (tertiary/aromatic N) is 5.